The minimum Gasteiger partial charge on any atom is -0.353 e. The molecule has 0 saturated heterocycles. The molecule has 3 aromatic rings. The van der Waals surface area contributed by atoms with Crippen LogP contribution in [0.5, 0.6) is 0 Å². The molecule has 0 unspecified atom stereocenters. The molecule has 1 aliphatic rings. The van der Waals surface area contributed by atoms with Crippen LogP contribution in [-0.2, 0) is 0 Å². The van der Waals surface area contributed by atoms with Gasteiger partial charge < -0.3 is 5.32 Å². The third kappa shape index (κ3) is 1.20. The largest absolute Gasteiger partial charge is 0.353 e. The minimum absolute atomic E-state index is 0.864. The van der Waals surface area contributed by atoms with Gasteiger partial charge in [-0.15, -0.1) is 10.2 Å². The van der Waals surface area contributed by atoms with Crippen molar-refractivity contribution in [1.82, 2.24) is 14.8 Å². The molecule has 0 aliphatic carbocycles. The van der Waals surface area contributed by atoms with Crippen LogP contribution in [0.15, 0.2) is 54.9 Å². The number of fused-ring (bicyclic) bond motifs is 5. The zero-order valence-electron chi connectivity index (χ0n) is 9.54. The molecule has 86 valence electrons. The van der Waals surface area contributed by atoms with E-state index in [0.29, 0.717) is 0 Å². The number of rotatable bonds is 0. The number of para-hydroxylation sites is 3. The number of nitrogens with zero attached hydrogens (tertiary/aromatic N) is 3. The van der Waals surface area contributed by atoms with Crippen molar-refractivity contribution in [2.45, 2.75) is 0 Å². The summed E-state index contributed by atoms with van der Waals surface area (Å²) in [7, 11) is 0. The first-order valence-corrected chi connectivity index (χ1v) is 5.79. The minimum atomic E-state index is 0.864. The van der Waals surface area contributed by atoms with Crippen LogP contribution in [0.1, 0.15) is 0 Å². The molecule has 1 aromatic heterocycles. The molecule has 1 aliphatic heterocycles. The maximum Gasteiger partial charge on any atom is 0.170 e. The number of hydrogen-bond donors (Lipinski definition) is 1. The molecule has 0 amide bonds. The van der Waals surface area contributed by atoms with Gasteiger partial charge in [-0.3, -0.25) is 4.57 Å². The number of benzene rings is 2. The normalized spacial score (nSPS) is 11.8. The highest BCUT2D eigenvalue weighted by atomic mass is 15.3. The Morgan fingerprint density at radius 1 is 0.889 bits per heavy atom. The Labute approximate surface area is 104 Å². The number of nitrogens with one attached hydrogen (secondary N) is 1. The third-order valence-corrected chi connectivity index (χ3v) is 3.15. The van der Waals surface area contributed by atoms with Crippen LogP contribution in [0, 0.1) is 0 Å². The van der Waals surface area contributed by atoms with Crippen LogP contribution in [-0.4, -0.2) is 14.8 Å². The summed E-state index contributed by atoms with van der Waals surface area (Å²) >= 11 is 0. The van der Waals surface area contributed by atoms with Crippen molar-refractivity contribution in [1.29, 1.82) is 0 Å². The molecule has 2 aromatic carbocycles. The summed E-state index contributed by atoms with van der Waals surface area (Å²) in [6, 6.07) is 16.3. The lowest BCUT2D eigenvalue weighted by Gasteiger charge is -2.08. The average molecular weight is 234 g/mol. The van der Waals surface area contributed by atoms with E-state index in [-0.39, 0.29) is 0 Å². The molecule has 0 bridgehead atoms. The monoisotopic (exact) mass is 234 g/mol. The van der Waals surface area contributed by atoms with E-state index in [4.69, 9.17) is 0 Å². The second-order valence-corrected chi connectivity index (χ2v) is 4.21. The van der Waals surface area contributed by atoms with Gasteiger partial charge >= 0.3 is 0 Å². The lowest BCUT2D eigenvalue weighted by Crippen LogP contribution is -1.95. The Morgan fingerprint density at radius 2 is 1.67 bits per heavy atom. The molecule has 18 heavy (non-hydrogen) atoms. The SMILES string of the molecule is c1ccc2c(c1)Nc1ccccc1-n1cnnc1-2. The predicted octanol–water partition coefficient (Wildman–Crippen LogP) is 2.99. The predicted molar refractivity (Wildman–Crippen MR) is 70.1 cm³/mol. The standard InChI is InChI=1S/C14H10N4/c1-2-6-11-10(5-1)14-17-15-9-18(14)13-8-4-3-7-12(13)16-11/h1-9,16H. The third-order valence-electron chi connectivity index (χ3n) is 3.15. The zero-order valence-corrected chi connectivity index (χ0v) is 9.54. The lowest BCUT2D eigenvalue weighted by molar-refractivity contribution is 1.07. The lowest BCUT2D eigenvalue weighted by atomic mass is 10.1. The summed E-state index contributed by atoms with van der Waals surface area (Å²) in [6.07, 6.45) is 1.75. The van der Waals surface area contributed by atoms with Crippen LogP contribution < -0.4 is 5.32 Å². The van der Waals surface area contributed by atoms with Gasteiger partial charge in [0.05, 0.1) is 11.4 Å². The highest BCUT2D eigenvalue weighted by Crippen LogP contribution is 2.36. The molecule has 1 N–H and O–H groups in total. The van der Waals surface area contributed by atoms with Gasteiger partial charge in [0.1, 0.15) is 6.33 Å². The second kappa shape index (κ2) is 3.43. The van der Waals surface area contributed by atoms with Gasteiger partial charge in [0, 0.05) is 11.3 Å². The van der Waals surface area contributed by atoms with E-state index in [9.17, 15) is 0 Å². The molecule has 4 rings (SSSR count). The number of aromatic nitrogens is 3. The topological polar surface area (TPSA) is 42.7 Å². The smallest absolute Gasteiger partial charge is 0.170 e. The molecule has 0 atom stereocenters. The molecule has 4 nitrogen and oxygen atoms in total. The van der Waals surface area contributed by atoms with Crippen molar-refractivity contribution >= 4 is 11.4 Å². The maximum atomic E-state index is 4.23. The summed E-state index contributed by atoms with van der Waals surface area (Å²) in [5.74, 6) is 0.864. The van der Waals surface area contributed by atoms with Crippen molar-refractivity contribution in [3.05, 3.63) is 54.9 Å². The van der Waals surface area contributed by atoms with Crippen molar-refractivity contribution in [3.8, 4) is 17.1 Å². The molecule has 0 spiro atoms. The van der Waals surface area contributed by atoms with Crippen LogP contribution in [0.2, 0.25) is 0 Å². The first-order valence-electron chi connectivity index (χ1n) is 5.79. The van der Waals surface area contributed by atoms with Gasteiger partial charge in [-0.1, -0.05) is 24.3 Å². The second-order valence-electron chi connectivity index (χ2n) is 4.21. The van der Waals surface area contributed by atoms with E-state index in [1.165, 1.54) is 0 Å². The van der Waals surface area contributed by atoms with Crippen molar-refractivity contribution in [2.24, 2.45) is 0 Å². The van der Waals surface area contributed by atoms with Gasteiger partial charge in [-0.25, -0.2) is 0 Å². The average Bonchev–Trinajstić information content (AvgIpc) is 2.84. The summed E-state index contributed by atoms with van der Waals surface area (Å²) < 4.78 is 2.01. The fourth-order valence-corrected chi connectivity index (χ4v) is 2.32. The summed E-state index contributed by atoms with van der Waals surface area (Å²) in [5, 5.41) is 11.7. The Kier molecular flexibility index (Phi) is 1.80. The van der Waals surface area contributed by atoms with Gasteiger partial charge in [0.15, 0.2) is 5.82 Å². The first-order chi connectivity index (χ1) is 8.93. The summed E-state index contributed by atoms with van der Waals surface area (Å²) in [5.41, 5.74) is 4.24. The molecule has 4 heteroatoms. The highest BCUT2D eigenvalue weighted by Gasteiger charge is 2.18. The Hall–Kier alpha value is -2.62. The Bertz CT molecular complexity index is 670. The molecular weight excluding hydrogens is 224 g/mol. The first kappa shape index (κ1) is 9.41. The Morgan fingerprint density at radius 3 is 2.61 bits per heavy atom. The quantitative estimate of drug-likeness (QED) is 0.508. The Balaban J connectivity index is 2.12. The van der Waals surface area contributed by atoms with Crippen LogP contribution in [0.25, 0.3) is 17.1 Å². The molecule has 0 fully saturated rings. The van der Waals surface area contributed by atoms with Crippen molar-refractivity contribution in [3.63, 3.8) is 0 Å². The fraction of sp³-hybridized carbons (Fsp3) is 0. The van der Waals surface area contributed by atoms with Gasteiger partial charge in [-0.2, -0.15) is 0 Å². The zero-order chi connectivity index (χ0) is 11.9. The van der Waals surface area contributed by atoms with Crippen molar-refractivity contribution in [2.75, 3.05) is 5.32 Å². The van der Waals surface area contributed by atoms with E-state index in [0.717, 1.165) is 28.5 Å². The van der Waals surface area contributed by atoms with Crippen LogP contribution >= 0.6 is 0 Å². The maximum absolute atomic E-state index is 4.23. The van der Waals surface area contributed by atoms with Crippen molar-refractivity contribution < 1.29 is 0 Å². The van der Waals surface area contributed by atoms with E-state index in [1.807, 2.05) is 28.8 Å². The van der Waals surface area contributed by atoms with Crippen LogP contribution in [0.3, 0.4) is 0 Å². The summed E-state index contributed by atoms with van der Waals surface area (Å²) in [6.45, 7) is 0. The molecule has 0 saturated carbocycles. The van der Waals surface area contributed by atoms with E-state index >= 15 is 0 Å². The van der Waals surface area contributed by atoms with Crippen LogP contribution in [0.4, 0.5) is 11.4 Å². The fourth-order valence-electron chi connectivity index (χ4n) is 2.32. The molecule has 2 heterocycles. The number of anilines is 2. The molecule has 0 radical (unpaired) electrons. The number of hydrogen-bond acceptors (Lipinski definition) is 3. The van der Waals surface area contributed by atoms with Gasteiger partial charge in [-0.05, 0) is 24.3 Å². The highest BCUT2D eigenvalue weighted by molar-refractivity contribution is 5.84. The van der Waals surface area contributed by atoms with Gasteiger partial charge in [0.25, 0.3) is 0 Å². The van der Waals surface area contributed by atoms with E-state index in [1.54, 1.807) is 6.33 Å². The summed E-state index contributed by atoms with van der Waals surface area (Å²) in [4.78, 5) is 0. The van der Waals surface area contributed by atoms with E-state index < -0.39 is 0 Å². The molecular formula is C14H10N4. The van der Waals surface area contributed by atoms with Gasteiger partial charge in [0.2, 0.25) is 0 Å². The van der Waals surface area contributed by atoms with E-state index in [2.05, 4.69) is 39.8 Å².